The maximum Gasteiger partial charge on any atom is 0.253 e. The minimum Gasteiger partial charge on any atom is -0.393 e. The summed E-state index contributed by atoms with van der Waals surface area (Å²) in [6.45, 7) is 0.501. The Labute approximate surface area is 135 Å². The summed E-state index contributed by atoms with van der Waals surface area (Å²) in [5.74, 6) is -0.531. The molecule has 1 aliphatic carbocycles. The summed E-state index contributed by atoms with van der Waals surface area (Å²) < 4.78 is 15.9. The summed E-state index contributed by atoms with van der Waals surface area (Å²) in [4.78, 5) is 14.0. The van der Waals surface area contributed by atoms with Gasteiger partial charge >= 0.3 is 0 Å². The Kier molecular flexibility index (Phi) is 4.48. The van der Waals surface area contributed by atoms with Crippen molar-refractivity contribution in [1.29, 1.82) is 0 Å². The lowest BCUT2D eigenvalue weighted by atomic mass is 10.1. The fraction of sp³-hybridized carbons (Fsp3) is 0.389. The van der Waals surface area contributed by atoms with Crippen molar-refractivity contribution in [1.82, 2.24) is 9.47 Å². The van der Waals surface area contributed by atoms with Gasteiger partial charge in [-0.05, 0) is 43.2 Å². The molecular formula is C18H21FN2O2. The molecule has 0 bridgehead atoms. The van der Waals surface area contributed by atoms with Crippen molar-refractivity contribution in [2.45, 2.75) is 25.4 Å². The molecule has 122 valence electrons. The van der Waals surface area contributed by atoms with Gasteiger partial charge in [-0.1, -0.05) is 6.42 Å². The third kappa shape index (κ3) is 3.29. The van der Waals surface area contributed by atoms with Crippen molar-refractivity contribution in [3.63, 3.8) is 0 Å². The van der Waals surface area contributed by atoms with Crippen LogP contribution in [0.1, 0.15) is 29.6 Å². The zero-order valence-corrected chi connectivity index (χ0v) is 13.2. The maximum absolute atomic E-state index is 14.3. The number of hydrogen-bond donors (Lipinski definition) is 1. The standard InChI is InChI=1S/C18H21FN2O2/c1-20(12-14-5-4-6-17(14)22)18(23)13-7-8-16(15(19)11-13)21-9-2-3-10-21/h2-3,7-11,14,17,22H,4-6,12H2,1H3. The lowest BCUT2D eigenvalue weighted by Crippen LogP contribution is -2.34. The highest BCUT2D eigenvalue weighted by Crippen LogP contribution is 2.26. The second-order valence-corrected chi connectivity index (χ2v) is 6.20. The molecule has 0 saturated heterocycles. The summed E-state index contributed by atoms with van der Waals surface area (Å²) in [6.07, 6.45) is 5.90. The van der Waals surface area contributed by atoms with Crippen molar-refractivity contribution in [2.24, 2.45) is 5.92 Å². The molecule has 1 saturated carbocycles. The van der Waals surface area contributed by atoms with Crippen LogP contribution in [0.4, 0.5) is 4.39 Å². The maximum atomic E-state index is 14.3. The first-order valence-electron chi connectivity index (χ1n) is 7.92. The average Bonchev–Trinajstić information content (AvgIpc) is 3.19. The SMILES string of the molecule is CN(CC1CCCC1O)C(=O)c1ccc(-n2cccc2)c(F)c1. The molecule has 1 amide bonds. The van der Waals surface area contributed by atoms with Gasteiger partial charge in [-0.25, -0.2) is 4.39 Å². The summed E-state index contributed by atoms with van der Waals surface area (Å²) in [7, 11) is 1.70. The summed E-state index contributed by atoms with van der Waals surface area (Å²) in [6, 6.07) is 8.17. The van der Waals surface area contributed by atoms with E-state index in [9.17, 15) is 14.3 Å². The van der Waals surface area contributed by atoms with Gasteiger partial charge in [-0.15, -0.1) is 0 Å². The van der Waals surface area contributed by atoms with E-state index in [2.05, 4.69) is 0 Å². The van der Waals surface area contributed by atoms with Gasteiger partial charge in [0.25, 0.3) is 5.91 Å². The molecule has 1 aromatic heterocycles. The van der Waals surface area contributed by atoms with E-state index < -0.39 is 5.82 Å². The first-order valence-corrected chi connectivity index (χ1v) is 7.92. The molecule has 1 aliphatic rings. The Morgan fingerprint density at radius 2 is 2.09 bits per heavy atom. The van der Waals surface area contributed by atoms with Crippen molar-refractivity contribution in [2.75, 3.05) is 13.6 Å². The molecule has 2 unspecified atom stereocenters. The molecule has 1 fully saturated rings. The number of halogens is 1. The fourth-order valence-corrected chi connectivity index (χ4v) is 3.23. The zero-order chi connectivity index (χ0) is 16.4. The topological polar surface area (TPSA) is 45.5 Å². The first-order chi connectivity index (χ1) is 11.1. The van der Waals surface area contributed by atoms with E-state index >= 15 is 0 Å². The van der Waals surface area contributed by atoms with E-state index in [1.54, 1.807) is 41.0 Å². The Morgan fingerprint density at radius 3 is 2.70 bits per heavy atom. The lowest BCUT2D eigenvalue weighted by molar-refractivity contribution is 0.0693. The van der Waals surface area contributed by atoms with E-state index in [-0.39, 0.29) is 17.9 Å². The summed E-state index contributed by atoms with van der Waals surface area (Å²) in [5.41, 5.74) is 0.744. The molecule has 1 aromatic carbocycles. The zero-order valence-electron chi connectivity index (χ0n) is 13.2. The van der Waals surface area contributed by atoms with Crippen LogP contribution in [-0.2, 0) is 0 Å². The molecule has 1 heterocycles. The first kappa shape index (κ1) is 15.7. The number of carbonyl (C=O) groups excluding carboxylic acids is 1. The second-order valence-electron chi connectivity index (χ2n) is 6.20. The van der Waals surface area contributed by atoms with E-state index in [1.165, 1.54) is 6.07 Å². The number of benzene rings is 1. The molecule has 1 N–H and O–H groups in total. The van der Waals surface area contributed by atoms with Gasteiger partial charge in [0.15, 0.2) is 0 Å². The van der Waals surface area contributed by atoms with Crippen LogP contribution in [0.15, 0.2) is 42.7 Å². The molecule has 0 aliphatic heterocycles. The lowest BCUT2D eigenvalue weighted by Gasteiger charge is -2.23. The Balaban J connectivity index is 1.73. The van der Waals surface area contributed by atoms with Crippen molar-refractivity contribution in [3.05, 3.63) is 54.1 Å². The third-order valence-corrected chi connectivity index (χ3v) is 4.55. The van der Waals surface area contributed by atoms with E-state index in [0.717, 1.165) is 19.3 Å². The van der Waals surface area contributed by atoms with Crippen LogP contribution >= 0.6 is 0 Å². The monoisotopic (exact) mass is 316 g/mol. The normalized spacial score (nSPS) is 20.7. The average molecular weight is 316 g/mol. The molecule has 23 heavy (non-hydrogen) atoms. The van der Waals surface area contributed by atoms with Crippen molar-refractivity contribution in [3.8, 4) is 5.69 Å². The van der Waals surface area contributed by atoms with Gasteiger partial charge in [0.05, 0.1) is 11.8 Å². The molecule has 2 aromatic rings. The minimum atomic E-state index is -0.429. The van der Waals surface area contributed by atoms with Crippen LogP contribution in [0.5, 0.6) is 0 Å². The van der Waals surface area contributed by atoms with Gasteiger partial charge < -0.3 is 14.6 Å². The van der Waals surface area contributed by atoms with Crippen LogP contribution in [0.3, 0.4) is 0 Å². The number of hydrogen-bond acceptors (Lipinski definition) is 2. The molecule has 4 nitrogen and oxygen atoms in total. The molecule has 0 spiro atoms. The number of nitrogens with zero attached hydrogens (tertiary/aromatic N) is 2. The molecule has 0 radical (unpaired) electrons. The van der Waals surface area contributed by atoms with Crippen LogP contribution in [0.25, 0.3) is 5.69 Å². The van der Waals surface area contributed by atoms with Crippen LogP contribution < -0.4 is 0 Å². The van der Waals surface area contributed by atoms with E-state index in [1.807, 2.05) is 12.1 Å². The smallest absolute Gasteiger partial charge is 0.253 e. The number of aliphatic hydroxyl groups excluding tert-OH is 1. The second kappa shape index (κ2) is 6.54. The Hall–Kier alpha value is -2.14. The van der Waals surface area contributed by atoms with E-state index in [4.69, 9.17) is 0 Å². The van der Waals surface area contributed by atoms with Crippen LogP contribution in [-0.4, -0.2) is 40.2 Å². The highest BCUT2D eigenvalue weighted by atomic mass is 19.1. The molecule has 5 heteroatoms. The number of rotatable bonds is 4. The Morgan fingerprint density at radius 1 is 1.35 bits per heavy atom. The highest BCUT2D eigenvalue weighted by molar-refractivity contribution is 5.94. The van der Waals surface area contributed by atoms with Gasteiger partial charge in [-0.2, -0.15) is 0 Å². The van der Waals surface area contributed by atoms with Crippen molar-refractivity contribution < 1.29 is 14.3 Å². The van der Waals surface area contributed by atoms with Crippen LogP contribution in [0.2, 0.25) is 0 Å². The number of amides is 1. The quantitative estimate of drug-likeness (QED) is 0.943. The van der Waals surface area contributed by atoms with Gasteiger partial charge in [-0.3, -0.25) is 4.79 Å². The third-order valence-electron chi connectivity index (χ3n) is 4.55. The summed E-state index contributed by atoms with van der Waals surface area (Å²) in [5, 5.41) is 9.88. The number of aromatic nitrogens is 1. The highest BCUT2D eigenvalue weighted by Gasteiger charge is 2.27. The fourth-order valence-electron chi connectivity index (χ4n) is 3.23. The van der Waals surface area contributed by atoms with E-state index in [0.29, 0.717) is 17.8 Å². The van der Waals surface area contributed by atoms with Crippen LogP contribution in [0, 0.1) is 11.7 Å². The van der Waals surface area contributed by atoms with Gasteiger partial charge in [0.2, 0.25) is 0 Å². The van der Waals surface area contributed by atoms with Gasteiger partial charge in [0, 0.05) is 37.5 Å². The van der Waals surface area contributed by atoms with Crippen molar-refractivity contribution >= 4 is 5.91 Å². The predicted octanol–water partition coefficient (Wildman–Crippen LogP) is 2.85. The predicted molar refractivity (Wildman–Crippen MR) is 86.0 cm³/mol. The van der Waals surface area contributed by atoms with Gasteiger partial charge in [0.1, 0.15) is 5.82 Å². The number of aliphatic hydroxyl groups is 1. The minimum absolute atomic E-state index is 0.118. The Bertz CT molecular complexity index is 684. The summed E-state index contributed by atoms with van der Waals surface area (Å²) >= 11 is 0. The molecular weight excluding hydrogens is 295 g/mol. The molecule has 2 atom stereocenters. The largest absolute Gasteiger partial charge is 0.393 e. The molecule has 3 rings (SSSR count). The number of carbonyl (C=O) groups is 1.